The molecule has 0 aliphatic rings. The molecule has 0 atom stereocenters. The molecular formula is C100H85N5O5. The highest BCUT2D eigenvalue weighted by molar-refractivity contribution is 6.13. The van der Waals surface area contributed by atoms with Crippen molar-refractivity contribution in [1.82, 2.24) is 24.9 Å². The average molecular weight is 1440 g/mol. The highest BCUT2D eigenvalue weighted by Gasteiger charge is 2.22. The van der Waals surface area contributed by atoms with Gasteiger partial charge in [0.2, 0.25) is 5.71 Å². The van der Waals surface area contributed by atoms with Crippen LogP contribution in [0.4, 0.5) is 0 Å². The Bertz CT molecular complexity index is 5960. The van der Waals surface area contributed by atoms with Crippen LogP contribution in [0.15, 0.2) is 326 Å². The van der Waals surface area contributed by atoms with Crippen LogP contribution in [0.25, 0.3) is 166 Å². The van der Waals surface area contributed by atoms with Crippen LogP contribution in [0.5, 0.6) is 0 Å². The summed E-state index contributed by atoms with van der Waals surface area (Å²) in [6, 6.07) is 91.6. The molecule has 10 heterocycles. The van der Waals surface area contributed by atoms with Gasteiger partial charge in [-0.25, -0.2) is 4.98 Å². The van der Waals surface area contributed by atoms with Crippen molar-refractivity contribution >= 4 is 110 Å². The van der Waals surface area contributed by atoms with Crippen LogP contribution >= 0.6 is 0 Å². The number of aromatic nitrogens is 5. The Hall–Kier alpha value is -13.1. The second-order valence-corrected chi connectivity index (χ2v) is 29.5. The second-order valence-electron chi connectivity index (χ2n) is 29.5. The molecule has 0 amide bonds. The molecule has 20 rings (SSSR count). The molecule has 0 fully saturated rings. The summed E-state index contributed by atoms with van der Waals surface area (Å²) in [5.41, 5.74) is 28.2. The summed E-state index contributed by atoms with van der Waals surface area (Å²) < 4.78 is 31.2. The minimum atomic E-state index is 0.337. The highest BCUT2D eigenvalue weighted by atomic mass is 16.3. The van der Waals surface area contributed by atoms with Crippen LogP contribution in [0, 0.1) is 0 Å². The maximum absolute atomic E-state index is 6.29. The van der Waals surface area contributed by atoms with E-state index < -0.39 is 0 Å². The summed E-state index contributed by atoms with van der Waals surface area (Å²) in [6.45, 7) is 21.7. The van der Waals surface area contributed by atoms with Crippen molar-refractivity contribution in [3.05, 3.63) is 332 Å². The molecule has 0 unspecified atom stereocenters. The molecule has 10 nitrogen and oxygen atoms in total. The van der Waals surface area contributed by atoms with Crippen LogP contribution < -0.4 is 0 Å². The maximum Gasteiger partial charge on any atom is 0.227 e. The van der Waals surface area contributed by atoms with Crippen molar-refractivity contribution < 1.29 is 22.1 Å². The molecule has 0 bridgehead atoms. The minimum Gasteiger partial charge on any atom is -0.455 e. The maximum atomic E-state index is 6.29. The number of hydrogen-bond acceptors (Lipinski definition) is 10. The summed E-state index contributed by atoms with van der Waals surface area (Å²) in [4.78, 5) is 22.5. The molecule has 0 saturated carbocycles. The Morgan fingerprint density at radius 1 is 0.227 bits per heavy atom. The van der Waals surface area contributed by atoms with Crippen LogP contribution in [0.3, 0.4) is 0 Å². The van der Waals surface area contributed by atoms with Gasteiger partial charge in [0.1, 0.15) is 44.5 Å². The van der Waals surface area contributed by atoms with Crippen LogP contribution in [0.2, 0.25) is 0 Å². The molecule has 10 aromatic heterocycles. The van der Waals surface area contributed by atoms with Crippen molar-refractivity contribution in [2.45, 2.75) is 98.8 Å². The Morgan fingerprint density at radius 2 is 0.600 bits per heavy atom. The van der Waals surface area contributed by atoms with E-state index in [1.165, 1.54) is 33.4 Å². The van der Waals surface area contributed by atoms with Gasteiger partial charge >= 0.3 is 0 Å². The fraction of sp³-hybridized carbons (Fsp3) is 0.150. The number of benzene rings is 10. The predicted molar refractivity (Wildman–Crippen MR) is 455 cm³/mol. The van der Waals surface area contributed by atoms with Gasteiger partial charge in [0, 0.05) is 119 Å². The number of rotatable bonds is 10. The number of fused-ring (bicyclic) bond motifs is 15. The van der Waals surface area contributed by atoms with E-state index in [1.807, 2.05) is 104 Å². The predicted octanol–water partition coefficient (Wildman–Crippen LogP) is 28.9. The molecule has 0 aliphatic carbocycles. The van der Waals surface area contributed by atoms with Gasteiger partial charge in [0.05, 0.1) is 5.69 Å². The smallest absolute Gasteiger partial charge is 0.227 e. The molecule has 0 saturated heterocycles. The molecule has 0 N–H and O–H groups in total. The van der Waals surface area contributed by atoms with Gasteiger partial charge < -0.3 is 22.1 Å². The van der Waals surface area contributed by atoms with Crippen molar-refractivity contribution in [2.24, 2.45) is 0 Å². The van der Waals surface area contributed by atoms with Gasteiger partial charge in [-0.1, -0.05) is 300 Å². The first-order chi connectivity index (χ1) is 53.8. The third-order valence-electron chi connectivity index (χ3n) is 20.6. The summed E-state index contributed by atoms with van der Waals surface area (Å²) in [6.07, 6.45) is 11.3. The normalized spacial score (nSPS) is 11.6. The lowest BCUT2D eigenvalue weighted by Gasteiger charge is -2.04. The van der Waals surface area contributed by atoms with Gasteiger partial charge in [0.25, 0.3) is 0 Å². The molecule has 110 heavy (non-hydrogen) atoms. The number of hydrogen-bond donors (Lipinski definition) is 0. The van der Waals surface area contributed by atoms with Crippen molar-refractivity contribution in [3.8, 4) is 55.6 Å². The fourth-order valence-corrected chi connectivity index (χ4v) is 14.8. The monoisotopic (exact) mass is 1440 g/mol. The zero-order valence-electron chi connectivity index (χ0n) is 63.5. The summed E-state index contributed by atoms with van der Waals surface area (Å²) >= 11 is 0. The standard InChI is InChI=1S/5C20H17NO/c1-13(2)15-11-18-17-10-6-9-16(14-7-4-3-5-8-14)19(17)22-20(18)21-12-15;1-13(2)17-11-21-12-18-16-10-6-9-15(19(16)22-20(17)18)14-7-4-3-5-8-14;1-13(2)15-11-12-21-18-17-10-6-9-16(19(17)22-20(15)18)14-7-4-3-5-8-14;1-13(2)18-20-17(11-12-21-18)16-10-6-9-15(19(16)22-20)14-7-4-3-5-8-14;1-13(2)15-9-6-10-17-18-20(22-19(15)17)16(11-12-21-18)14-7-4-3-5-8-14/h5*3-13H,1-2H3. The van der Waals surface area contributed by atoms with Crippen molar-refractivity contribution in [2.75, 3.05) is 0 Å². The molecule has 20 aromatic rings. The van der Waals surface area contributed by atoms with Gasteiger partial charge in [0.15, 0.2) is 16.7 Å². The highest BCUT2D eigenvalue weighted by Crippen LogP contribution is 2.44. The van der Waals surface area contributed by atoms with E-state index in [0.29, 0.717) is 35.3 Å². The van der Waals surface area contributed by atoms with Gasteiger partial charge in [-0.3, -0.25) is 19.9 Å². The Labute approximate surface area is 639 Å². The van der Waals surface area contributed by atoms with E-state index in [9.17, 15) is 0 Å². The largest absolute Gasteiger partial charge is 0.455 e. The van der Waals surface area contributed by atoms with Crippen molar-refractivity contribution in [3.63, 3.8) is 0 Å². The number of nitrogens with zero attached hydrogens (tertiary/aromatic N) is 5. The first-order valence-corrected chi connectivity index (χ1v) is 38.0. The zero-order valence-corrected chi connectivity index (χ0v) is 63.5. The van der Waals surface area contributed by atoms with E-state index >= 15 is 0 Å². The molecule has 10 aromatic carbocycles. The van der Waals surface area contributed by atoms with Gasteiger partial charge in [-0.15, -0.1) is 0 Å². The SMILES string of the molecule is CC(C)c1cccc2c1oc1c(-c3ccccc3)ccnc12.CC(C)c1ccnc2c1oc1c(-c3ccccc3)cccc12.CC(C)c1cnc2oc3c(-c4ccccc4)cccc3c2c1.CC(C)c1cncc2c1oc1c(-c3ccccc3)cccc12.CC(C)c1nccc2c1oc1c(-c3ccccc3)cccc12. The molecule has 0 aliphatic heterocycles. The summed E-state index contributed by atoms with van der Waals surface area (Å²) in [5, 5.41) is 8.93. The van der Waals surface area contributed by atoms with E-state index in [0.717, 1.165) is 155 Å². The van der Waals surface area contributed by atoms with Crippen molar-refractivity contribution in [1.29, 1.82) is 0 Å². The Morgan fingerprint density at radius 3 is 1.10 bits per heavy atom. The topological polar surface area (TPSA) is 130 Å². The van der Waals surface area contributed by atoms with E-state index in [2.05, 4.69) is 294 Å². The third kappa shape index (κ3) is 13.9. The lowest BCUT2D eigenvalue weighted by Crippen LogP contribution is -1.91. The first kappa shape index (κ1) is 71.2. The molecule has 0 radical (unpaired) electrons. The van der Waals surface area contributed by atoms with E-state index in [1.54, 1.807) is 0 Å². The van der Waals surface area contributed by atoms with Crippen LogP contribution in [0.1, 0.15) is 127 Å². The number of furan rings is 5. The second kappa shape index (κ2) is 31.0. The molecule has 0 spiro atoms. The summed E-state index contributed by atoms with van der Waals surface area (Å²) in [5.74, 6) is 2.01. The van der Waals surface area contributed by atoms with Gasteiger partial charge in [-0.2, -0.15) is 0 Å². The Balaban J connectivity index is 0.000000104. The lowest BCUT2D eigenvalue weighted by atomic mass is 10.0. The molecule has 10 heteroatoms. The first-order valence-electron chi connectivity index (χ1n) is 38.0. The minimum absolute atomic E-state index is 0.337. The average Bonchev–Trinajstić information content (AvgIpc) is 1.64. The third-order valence-corrected chi connectivity index (χ3v) is 20.6. The van der Waals surface area contributed by atoms with Crippen LogP contribution in [-0.2, 0) is 0 Å². The fourth-order valence-electron chi connectivity index (χ4n) is 14.8. The van der Waals surface area contributed by atoms with Gasteiger partial charge in [-0.05, 0) is 105 Å². The lowest BCUT2D eigenvalue weighted by molar-refractivity contribution is 0.651. The van der Waals surface area contributed by atoms with E-state index in [-0.39, 0.29) is 0 Å². The van der Waals surface area contributed by atoms with E-state index in [4.69, 9.17) is 22.1 Å². The number of para-hydroxylation sites is 5. The molecule has 540 valence electrons. The summed E-state index contributed by atoms with van der Waals surface area (Å²) in [7, 11) is 0. The molecular weight excluding hydrogens is 1350 g/mol. The Kier molecular flexibility index (Phi) is 20.1. The quantitative estimate of drug-likeness (QED) is 0.130. The van der Waals surface area contributed by atoms with Crippen LogP contribution in [-0.4, -0.2) is 24.9 Å². The number of pyridine rings is 5. The zero-order chi connectivity index (χ0) is 75.5.